The third-order valence-corrected chi connectivity index (χ3v) is 4.94. The fraction of sp³-hybridized carbons (Fsp3) is 0.273. The molecule has 0 radical (unpaired) electrons. The molecular weight excluding hydrogens is 340 g/mol. The second-order valence-electron chi connectivity index (χ2n) is 6.85. The van der Waals surface area contributed by atoms with Crippen LogP contribution in [-0.4, -0.2) is 23.5 Å². The maximum Gasteiger partial charge on any atom is 0.247 e. The van der Waals surface area contributed by atoms with Gasteiger partial charge >= 0.3 is 0 Å². The molecule has 1 aliphatic rings. The number of fused-ring (bicyclic) bond motifs is 1. The Morgan fingerprint density at radius 3 is 2.70 bits per heavy atom. The summed E-state index contributed by atoms with van der Waals surface area (Å²) in [4.78, 5) is 24.0. The van der Waals surface area contributed by atoms with Gasteiger partial charge in [0.05, 0.1) is 13.0 Å². The summed E-state index contributed by atoms with van der Waals surface area (Å²) >= 11 is 0. The summed E-state index contributed by atoms with van der Waals surface area (Å²) in [6.45, 7) is 3.61. The van der Waals surface area contributed by atoms with Crippen LogP contribution < -0.4 is 10.6 Å². The van der Waals surface area contributed by atoms with Gasteiger partial charge in [-0.15, -0.1) is 0 Å². The van der Waals surface area contributed by atoms with Gasteiger partial charge in [0.1, 0.15) is 5.60 Å². The molecule has 2 aromatic carbocycles. The Morgan fingerprint density at radius 2 is 1.89 bits per heavy atom. The topological polar surface area (TPSA) is 78.4 Å². The third-order valence-electron chi connectivity index (χ3n) is 4.94. The highest BCUT2D eigenvalue weighted by Gasteiger charge is 2.34. The van der Waals surface area contributed by atoms with E-state index in [9.17, 15) is 14.7 Å². The second-order valence-corrected chi connectivity index (χ2v) is 6.85. The molecule has 2 aromatic rings. The van der Waals surface area contributed by atoms with E-state index in [0.717, 1.165) is 24.0 Å². The van der Waals surface area contributed by atoms with E-state index in [1.807, 2.05) is 30.3 Å². The maximum absolute atomic E-state index is 12.5. The number of rotatable bonds is 6. The van der Waals surface area contributed by atoms with Crippen LogP contribution in [0.5, 0.6) is 0 Å². The largest absolute Gasteiger partial charge is 0.383 e. The lowest BCUT2D eigenvalue weighted by Gasteiger charge is -2.34. The molecule has 0 saturated heterocycles. The van der Waals surface area contributed by atoms with Crippen LogP contribution >= 0.6 is 0 Å². The van der Waals surface area contributed by atoms with Gasteiger partial charge < -0.3 is 15.7 Å². The molecule has 1 atom stereocenters. The van der Waals surface area contributed by atoms with Gasteiger partial charge in [0.25, 0.3) is 0 Å². The van der Waals surface area contributed by atoms with Crippen molar-refractivity contribution in [2.24, 2.45) is 0 Å². The monoisotopic (exact) mass is 364 g/mol. The molecule has 1 aliphatic carbocycles. The number of aryl methyl sites for hydroxylation is 1. The average Bonchev–Trinajstić information content (AvgIpc) is 2.68. The van der Waals surface area contributed by atoms with Gasteiger partial charge in [0.2, 0.25) is 11.8 Å². The highest BCUT2D eigenvalue weighted by Crippen LogP contribution is 2.34. The smallest absolute Gasteiger partial charge is 0.247 e. The number of aliphatic hydroxyl groups is 1. The number of carbonyl (C=O) groups is 2. The van der Waals surface area contributed by atoms with Crippen molar-refractivity contribution in [2.75, 3.05) is 11.9 Å². The van der Waals surface area contributed by atoms with Crippen molar-refractivity contribution >= 4 is 17.5 Å². The average molecular weight is 364 g/mol. The molecule has 5 nitrogen and oxygen atoms in total. The van der Waals surface area contributed by atoms with Crippen molar-refractivity contribution in [1.29, 1.82) is 0 Å². The molecule has 0 aliphatic heterocycles. The summed E-state index contributed by atoms with van der Waals surface area (Å²) in [5.74, 6) is -0.525. The van der Waals surface area contributed by atoms with Gasteiger partial charge in [0, 0.05) is 5.69 Å². The Morgan fingerprint density at radius 1 is 1.15 bits per heavy atom. The van der Waals surface area contributed by atoms with E-state index in [1.165, 1.54) is 6.08 Å². The van der Waals surface area contributed by atoms with Crippen LogP contribution in [0, 0.1) is 0 Å². The number of amides is 2. The van der Waals surface area contributed by atoms with Crippen LogP contribution in [-0.2, 0) is 28.0 Å². The molecule has 1 unspecified atom stereocenters. The Kier molecular flexibility index (Phi) is 5.72. The predicted molar refractivity (Wildman–Crippen MR) is 105 cm³/mol. The van der Waals surface area contributed by atoms with Crippen molar-refractivity contribution in [2.45, 2.75) is 31.3 Å². The highest BCUT2D eigenvalue weighted by molar-refractivity contribution is 5.99. The van der Waals surface area contributed by atoms with Gasteiger partial charge in [-0.2, -0.15) is 0 Å². The van der Waals surface area contributed by atoms with Gasteiger partial charge in [-0.05, 0) is 48.1 Å². The van der Waals surface area contributed by atoms with Gasteiger partial charge in [-0.1, -0.05) is 49.0 Å². The summed E-state index contributed by atoms with van der Waals surface area (Å²) in [5, 5.41) is 16.6. The van der Waals surface area contributed by atoms with Crippen LogP contribution in [0.2, 0.25) is 0 Å². The van der Waals surface area contributed by atoms with Crippen molar-refractivity contribution < 1.29 is 14.7 Å². The molecule has 5 heteroatoms. The number of benzene rings is 2. The first kappa shape index (κ1) is 18.9. The SMILES string of the molecule is C=CC(=O)Nc1ccccc1CC(=O)NCC1(O)CCCc2ccccc21. The number of nitrogens with one attached hydrogen (secondary N) is 2. The number of hydrogen-bond acceptors (Lipinski definition) is 3. The van der Waals surface area contributed by atoms with Crippen LogP contribution in [0.25, 0.3) is 0 Å². The Bertz CT molecular complexity index is 862. The maximum atomic E-state index is 12.5. The zero-order valence-corrected chi connectivity index (χ0v) is 15.2. The zero-order valence-electron chi connectivity index (χ0n) is 15.2. The normalized spacial score (nSPS) is 18.3. The minimum atomic E-state index is -1.04. The quantitative estimate of drug-likeness (QED) is 0.690. The molecule has 0 saturated carbocycles. The van der Waals surface area contributed by atoms with Gasteiger partial charge in [0.15, 0.2) is 0 Å². The van der Waals surface area contributed by atoms with E-state index >= 15 is 0 Å². The van der Waals surface area contributed by atoms with Crippen molar-refractivity contribution in [1.82, 2.24) is 5.32 Å². The first-order valence-electron chi connectivity index (χ1n) is 9.10. The van der Waals surface area contributed by atoms with Crippen LogP contribution in [0.15, 0.2) is 61.2 Å². The van der Waals surface area contributed by atoms with Crippen LogP contribution in [0.3, 0.4) is 0 Å². The van der Waals surface area contributed by atoms with E-state index in [-0.39, 0.29) is 24.8 Å². The van der Waals surface area contributed by atoms with Crippen LogP contribution in [0.4, 0.5) is 5.69 Å². The summed E-state index contributed by atoms with van der Waals surface area (Å²) in [6.07, 6.45) is 3.76. The molecule has 2 amide bonds. The molecule has 0 heterocycles. The molecule has 3 rings (SSSR count). The molecule has 0 bridgehead atoms. The molecular formula is C22H24N2O3. The number of carbonyl (C=O) groups excluding carboxylic acids is 2. The number of anilines is 1. The first-order chi connectivity index (χ1) is 13.0. The summed E-state index contributed by atoms with van der Waals surface area (Å²) in [6, 6.07) is 15.0. The summed E-state index contributed by atoms with van der Waals surface area (Å²) < 4.78 is 0. The minimum Gasteiger partial charge on any atom is -0.383 e. The Hall–Kier alpha value is -2.92. The van der Waals surface area contributed by atoms with Gasteiger partial charge in [-0.3, -0.25) is 9.59 Å². The minimum absolute atomic E-state index is 0.116. The Balaban J connectivity index is 1.66. The van der Waals surface area contributed by atoms with E-state index in [4.69, 9.17) is 0 Å². The van der Waals surface area contributed by atoms with E-state index in [2.05, 4.69) is 17.2 Å². The molecule has 27 heavy (non-hydrogen) atoms. The lowest BCUT2D eigenvalue weighted by atomic mass is 9.79. The van der Waals surface area contributed by atoms with Crippen molar-refractivity contribution in [3.8, 4) is 0 Å². The molecule has 0 spiro atoms. The lowest BCUT2D eigenvalue weighted by molar-refractivity contribution is -0.122. The third kappa shape index (κ3) is 4.44. The van der Waals surface area contributed by atoms with E-state index in [1.54, 1.807) is 18.2 Å². The standard InChI is InChI=1S/C22H24N2O3/c1-2-20(25)24-19-12-6-4-9-17(19)14-21(26)23-15-22(27)13-7-10-16-8-3-5-11-18(16)22/h2-6,8-9,11-12,27H,1,7,10,13-15H2,(H,23,26)(H,24,25). The highest BCUT2D eigenvalue weighted by atomic mass is 16.3. The lowest BCUT2D eigenvalue weighted by Crippen LogP contribution is -2.43. The zero-order chi connectivity index (χ0) is 19.3. The van der Waals surface area contributed by atoms with Gasteiger partial charge in [-0.25, -0.2) is 0 Å². The molecule has 3 N–H and O–H groups in total. The Labute approximate surface area is 159 Å². The molecule has 0 fully saturated rings. The fourth-order valence-corrected chi connectivity index (χ4v) is 3.54. The van der Waals surface area contributed by atoms with Crippen molar-refractivity contribution in [3.05, 3.63) is 77.9 Å². The van der Waals surface area contributed by atoms with E-state index < -0.39 is 5.60 Å². The first-order valence-corrected chi connectivity index (χ1v) is 9.10. The van der Waals surface area contributed by atoms with Crippen LogP contribution in [0.1, 0.15) is 29.5 Å². The second kappa shape index (κ2) is 8.18. The van der Waals surface area contributed by atoms with Crippen molar-refractivity contribution in [3.63, 3.8) is 0 Å². The summed E-state index contributed by atoms with van der Waals surface area (Å²) in [5.41, 5.74) is 2.29. The van der Waals surface area contributed by atoms with E-state index in [0.29, 0.717) is 17.7 Å². The summed E-state index contributed by atoms with van der Waals surface area (Å²) in [7, 11) is 0. The predicted octanol–water partition coefficient (Wildman–Crippen LogP) is 2.69. The molecule has 0 aromatic heterocycles. The number of para-hydroxylation sites is 1. The molecule has 140 valence electrons. The fourth-order valence-electron chi connectivity index (χ4n) is 3.54. The number of hydrogen-bond donors (Lipinski definition) is 3.